The molecule has 3 aromatic rings. The van der Waals surface area contributed by atoms with E-state index in [2.05, 4.69) is 10.00 Å². The average molecular weight is 465 g/mol. The lowest BCUT2D eigenvalue weighted by Crippen LogP contribution is -2.48. The quantitative estimate of drug-likeness (QED) is 0.488. The first-order chi connectivity index (χ1) is 16.5. The molecule has 0 N–H and O–H groups in total. The Balaban J connectivity index is 1.56. The zero-order valence-electron chi connectivity index (χ0n) is 19.5. The van der Waals surface area contributed by atoms with Gasteiger partial charge in [0.1, 0.15) is 5.82 Å². The van der Waals surface area contributed by atoms with E-state index in [1.807, 2.05) is 36.1 Å². The fourth-order valence-electron chi connectivity index (χ4n) is 4.10. The third kappa shape index (κ3) is 5.11. The van der Waals surface area contributed by atoms with Gasteiger partial charge in [-0.1, -0.05) is 19.1 Å². The van der Waals surface area contributed by atoms with E-state index in [9.17, 15) is 14.0 Å². The van der Waals surface area contributed by atoms with E-state index in [4.69, 9.17) is 4.74 Å². The number of aromatic nitrogens is 2. The lowest BCUT2D eigenvalue weighted by atomic mass is 10.1. The molecule has 2 heterocycles. The summed E-state index contributed by atoms with van der Waals surface area (Å²) < 4.78 is 20.2. The molecule has 7 nitrogen and oxygen atoms in total. The smallest absolute Gasteiger partial charge is 0.358 e. The molecule has 178 valence electrons. The number of hydrogen-bond acceptors (Lipinski definition) is 5. The van der Waals surface area contributed by atoms with Gasteiger partial charge in [0.15, 0.2) is 5.69 Å². The fourth-order valence-corrected chi connectivity index (χ4v) is 4.10. The van der Waals surface area contributed by atoms with Crippen molar-refractivity contribution < 1.29 is 18.7 Å². The van der Waals surface area contributed by atoms with Crippen LogP contribution in [0.15, 0.2) is 54.6 Å². The Bertz CT molecular complexity index is 1130. The van der Waals surface area contributed by atoms with Crippen LogP contribution in [-0.2, 0) is 9.53 Å². The topological polar surface area (TPSA) is 67.7 Å². The largest absolute Gasteiger partial charge is 0.461 e. The van der Waals surface area contributed by atoms with Gasteiger partial charge in [0.2, 0.25) is 5.91 Å². The van der Waals surface area contributed by atoms with Gasteiger partial charge in [-0.25, -0.2) is 13.9 Å². The molecule has 1 aromatic heterocycles. The molecule has 2 aromatic carbocycles. The number of piperazine rings is 1. The van der Waals surface area contributed by atoms with Crippen LogP contribution in [0.4, 0.5) is 10.1 Å². The molecule has 34 heavy (non-hydrogen) atoms. The third-order valence-electron chi connectivity index (χ3n) is 5.89. The molecule has 1 fully saturated rings. The van der Waals surface area contributed by atoms with Crippen LogP contribution >= 0.6 is 0 Å². The highest BCUT2D eigenvalue weighted by atomic mass is 19.1. The van der Waals surface area contributed by atoms with Crippen LogP contribution in [-0.4, -0.2) is 59.3 Å². The standard InChI is InChI=1S/C26H29FN4O3/c1-3-5-25(32)30-16-14-29(15-17-30)21-10-6-19(7-11-21)24-18-23(26(33)34-4-2)28-31(24)22-12-8-20(27)9-13-22/h6-13,18H,3-5,14-17H2,1-2H3. The van der Waals surface area contributed by atoms with Gasteiger partial charge in [-0.2, -0.15) is 5.10 Å². The summed E-state index contributed by atoms with van der Waals surface area (Å²) in [6.07, 6.45) is 1.47. The van der Waals surface area contributed by atoms with E-state index in [1.165, 1.54) is 12.1 Å². The van der Waals surface area contributed by atoms with Gasteiger partial charge < -0.3 is 14.5 Å². The van der Waals surface area contributed by atoms with Crippen LogP contribution < -0.4 is 4.90 Å². The summed E-state index contributed by atoms with van der Waals surface area (Å²) in [4.78, 5) is 28.7. The molecule has 0 bridgehead atoms. The monoisotopic (exact) mass is 464 g/mol. The summed E-state index contributed by atoms with van der Waals surface area (Å²) in [6.45, 7) is 7.04. The van der Waals surface area contributed by atoms with Crippen molar-refractivity contribution in [2.75, 3.05) is 37.7 Å². The molecule has 4 rings (SSSR count). The molecule has 1 aliphatic heterocycles. The molecule has 1 saturated heterocycles. The first-order valence-corrected chi connectivity index (χ1v) is 11.7. The number of ether oxygens (including phenoxy) is 1. The molecule has 0 saturated carbocycles. The summed E-state index contributed by atoms with van der Waals surface area (Å²) >= 11 is 0. The number of nitrogens with zero attached hydrogens (tertiary/aromatic N) is 4. The summed E-state index contributed by atoms with van der Waals surface area (Å²) in [5.74, 6) is -0.621. The van der Waals surface area contributed by atoms with Crippen LogP contribution in [0.3, 0.4) is 0 Å². The number of carbonyl (C=O) groups is 2. The minimum atomic E-state index is -0.503. The van der Waals surface area contributed by atoms with Gasteiger partial charge >= 0.3 is 5.97 Å². The van der Waals surface area contributed by atoms with Gasteiger partial charge in [-0.3, -0.25) is 4.79 Å². The van der Waals surface area contributed by atoms with E-state index >= 15 is 0 Å². The van der Waals surface area contributed by atoms with E-state index in [0.29, 0.717) is 17.8 Å². The van der Waals surface area contributed by atoms with Crippen molar-refractivity contribution in [3.8, 4) is 16.9 Å². The summed E-state index contributed by atoms with van der Waals surface area (Å²) in [5, 5.41) is 4.43. The van der Waals surface area contributed by atoms with Crippen LogP contribution in [0.1, 0.15) is 37.2 Å². The lowest BCUT2D eigenvalue weighted by molar-refractivity contribution is -0.131. The van der Waals surface area contributed by atoms with Crippen molar-refractivity contribution in [2.24, 2.45) is 0 Å². The lowest BCUT2D eigenvalue weighted by Gasteiger charge is -2.36. The van der Waals surface area contributed by atoms with Crippen molar-refractivity contribution in [2.45, 2.75) is 26.7 Å². The Hall–Kier alpha value is -3.68. The molecule has 1 aliphatic rings. The maximum Gasteiger partial charge on any atom is 0.358 e. The number of esters is 1. The van der Waals surface area contributed by atoms with E-state index in [1.54, 1.807) is 29.8 Å². The van der Waals surface area contributed by atoms with Gasteiger partial charge in [0.25, 0.3) is 0 Å². The van der Waals surface area contributed by atoms with Crippen molar-refractivity contribution >= 4 is 17.6 Å². The van der Waals surface area contributed by atoms with Gasteiger partial charge in [-0.15, -0.1) is 0 Å². The minimum absolute atomic E-state index is 0.193. The Morgan fingerprint density at radius 2 is 1.59 bits per heavy atom. The summed E-state index contributed by atoms with van der Waals surface area (Å²) in [6, 6.07) is 15.7. The van der Waals surface area contributed by atoms with Gasteiger partial charge in [0, 0.05) is 43.9 Å². The highest BCUT2D eigenvalue weighted by molar-refractivity contribution is 5.89. The highest BCUT2D eigenvalue weighted by Gasteiger charge is 2.21. The summed E-state index contributed by atoms with van der Waals surface area (Å²) in [7, 11) is 0. The normalized spacial score (nSPS) is 13.7. The van der Waals surface area contributed by atoms with Crippen LogP contribution in [0.25, 0.3) is 16.9 Å². The second kappa shape index (κ2) is 10.5. The number of rotatable bonds is 7. The molecule has 0 aliphatic carbocycles. The Morgan fingerprint density at radius 1 is 0.941 bits per heavy atom. The van der Waals surface area contributed by atoms with Crippen molar-refractivity contribution in [1.82, 2.24) is 14.7 Å². The maximum atomic E-state index is 13.5. The zero-order chi connectivity index (χ0) is 24.1. The molecule has 0 unspecified atom stereocenters. The molecule has 0 radical (unpaired) electrons. The third-order valence-corrected chi connectivity index (χ3v) is 5.89. The summed E-state index contributed by atoms with van der Waals surface area (Å²) in [5.41, 5.74) is 3.48. The molecule has 1 amide bonds. The first-order valence-electron chi connectivity index (χ1n) is 11.7. The number of amides is 1. The van der Waals surface area contributed by atoms with Gasteiger partial charge in [-0.05, 0) is 55.8 Å². The predicted octanol–water partition coefficient (Wildman–Crippen LogP) is 4.30. The van der Waals surface area contributed by atoms with Crippen molar-refractivity contribution in [3.63, 3.8) is 0 Å². The van der Waals surface area contributed by atoms with Crippen LogP contribution in [0.5, 0.6) is 0 Å². The Labute approximate surface area is 198 Å². The molecule has 0 atom stereocenters. The van der Waals surface area contributed by atoms with E-state index in [-0.39, 0.29) is 24.0 Å². The Kier molecular flexibility index (Phi) is 7.25. The second-order valence-corrected chi connectivity index (χ2v) is 8.19. The molecule has 0 spiro atoms. The number of benzene rings is 2. The SMILES string of the molecule is CCCC(=O)N1CCN(c2ccc(-c3cc(C(=O)OCC)nn3-c3ccc(F)cc3)cc2)CC1. The average Bonchev–Trinajstić information content (AvgIpc) is 3.31. The molecule has 8 heteroatoms. The van der Waals surface area contributed by atoms with Crippen LogP contribution in [0, 0.1) is 5.82 Å². The number of carbonyl (C=O) groups excluding carboxylic acids is 2. The van der Waals surface area contributed by atoms with E-state index < -0.39 is 5.97 Å². The number of anilines is 1. The first kappa shape index (κ1) is 23.5. The Morgan fingerprint density at radius 3 is 2.21 bits per heavy atom. The maximum absolute atomic E-state index is 13.5. The fraction of sp³-hybridized carbons (Fsp3) is 0.346. The van der Waals surface area contributed by atoms with E-state index in [0.717, 1.165) is 43.9 Å². The number of hydrogen-bond donors (Lipinski definition) is 0. The second-order valence-electron chi connectivity index (χ2n) is 8.19. The zero-order valence-corrected chi connectivity index (χ0v) is 19.5. The van der Waals surface area contributed by atoms with Crippen molar-refractivity contribution in [3.05, 3.63) is 66.1 Å². The van der Waals surface area contributed by atoms with Gasteiger partial charge in [0.05, 0.1) is 18.0 Å². The van der Waals surface area contributed by atoms with Crippen LogP contribution in [0.2, 0.25) is 0 Å². The number of halogens is 1. The molecular formula is C26H29FN4O3. The highest BCUT2D eigenvalue weighted by Crippen LogP contribution is 2.27. The molecular weight excluding hydrogens is 435 g/mol. The predicted molar refractivity (Wildman–Crippen MR) is 129 cm³/mol. The van der Waals surface area contributed by atoms with Crippen molar-refractivity contribution in [1.29, 1.82) is 0 Å². The minimum Gasteiger partial charge on any atom is -0.461 e.